The Bertz CT molecular complexity index is 881. The first kappa shape index (κ1) is 19.7. The largest absolute Gasteiger partial charge is 0.494 e. The van der Waals surface area contributed by atoms with Crippen LogP contribution in [-0.2, 0) is 16.2 Å². The molecular formula is C16H15F3N2O4S. The number of carbonyl (C=O) groups is 1. The second-order valence-corrected chi connectivity index (χ2v) is 6.66. The highest BCUT2D eigenvalue weighted by Gasteiger charge is 2.36. The molecule has 10 heteroatoms. The van der Waals surface area contributed by atoms with Crippen LogP contribution in [-0.4, -0.2) is 20.9 Å². The van der Waals surface area contributed by atoms with Gasteiger partial charge in [-0.1, -0.05) is 12.1 Å². The maximum absolute atomic E-state index is 13.0. The van der Waals surface area contributed by atoms with Crippen LogP contribution in [0.15, 0.2) is 53.4 Å². The van der Waals surface area contributed by atoms with E-state index < -0.39 is 32.6 Å². The second-order valence-electron chi connectivity index (χ2n) is 5.01. The zero-order valence-electron chi connectivity index (χ0n) is 13.5. The molecule has 2 N–H and O–H groups in total. The lowest BCUT2D eigenvalue weighted by molar-refractivity contribution is -0.139. The number of halogens is 3. The Morgan fingerprint density at radius 2 is 1.69 bits per heavy atom. The lowest BCUT2D eigenvalue weighted by Gasteiger charge is -2.14. The van der Waals surface area contributed by atoms with Gasteiger partial charge >= 0.3 is 6.18 Å². The molecule has 0 bridgehead atoms. The smallest absolute Gasteiger partial charge is 0.417 e. The van der Waals surface area contributed by atoms with Crippen molar-refractivity contribution in [1.29, 1.82) is 0 Å². The number of rotatable bonds is 6. The summed E-state index contributed by atoms with van der Waals surface area (Å²) in [5.41, 5.74) is 0.650. The van der Waals surface area contributed by atoms with E-state index in [-0.39, 0.29) is 5.56 Å². The third-order valence-electron chi connectivity index (χ3n) is 3.21. The molecule has 0 saturated carbocycles. The summed E-state index contributed by atoms with van der Waals surface area (Å²) >= 11 is 0. The van der Waals surface area contributed by atoms with Gasteiger partial charge in [0.1, 0.15) is 5.75 Å². The topological polar surface area (TPSA) is 84.5 Å². The van der Waals surface area contributed by atoms with E-state index in [0.717, 1.165) is 18.2 Å². The average molecular weight is 388 g/mol. The van der Waals surface area contributed by atoms with E-state index in [4.69, 9.17) is 4.74 Å². The molecule has 0 unspecified atom stereocenters. The monoisotopic (exact) mass is 388 g/mol. The molecule has 0 aliphatic carbocycles. The van der Waals surface area contributed by atoms with Crippen molar-refractivity contribution in [2.45, 2.75) is 18.0 Å². The summed E-state index contributed by atoms with van der Waals surface area (Å²) in [6.07, 6.45) is -4.86. The van der Waals surface area contributed by atoms with Crippen LogP contribution in [0, 0.1) is 0 Å². The maximum Gasteiger partial charge on any atom is 0.417 e. The van der Waals surface area contributed by atoms with Gasteiger partial charge in [-0.05, 0) is 43.3 Å². The number of hydrogen-bond donors (Lipinski definition) is 2. The summed E-state index contributed by atoms with van der Waals surface area (Å²) in [7, 11) is -4.62. The summed E-state index contributed by atoms with van der Waals surface area (Å²) in [6.45, 7) is 2.22. The summed E-state index contributed by atoms with van der Waals surface area (Å²) in [6, 6.07) is 9.45. The number of sulfonamides is 1. The molecule has 0 saturated heterocycles. The predicted molar refractivity (Wildman–Crippen MR) is 86.8 cm³/mol. The van der Waals surface area contributed by atoms with E-state index in [0.29, 0.717) is 18.4 Å². The van der Waals surface area contributed by atoms with Crippen molar-refractivity contribution < 1.29 is 31.1 Å². The highest BCUT2D eigenvalue weighted by Crippen LogP contribution is 2.33. The van der Waals surface area contributed by atoms with Gasteiger partial charge in [-0.2, -0.15) is 13.2 Å². The van der Waals surface area contributed by atoms with Crippen molar-refractivity contribution in [1.82, 2.24) is 10.3 Å². The molecule has 0 heterocycles. The lowest BCUT2D eigenvalue weighted by Crippen LogP contribution is -2.42. The van der Waals surface area contributed by atoms with Crippen molar-refractivity contribution in [3.63, 3.8) is 0 Å². The van der Waals surface area contributed by atoms with Gasteiger partial charge in [-0.25, -0.2) is 8.42 Å². The summed E-state index contributed by atoms with van der Waals surface area (Å²) in [4.78, 5) is 12.7. The number of carbonyl (C=O) groups excluding carboxylic acids is 1. The minimum Gasteiger partial charge on any atom is -0.494 e. The first-order valence-corrected chi connectivity index (χ1v) is 8.84. The molecule has 140 valence electrons. The van der Waals surface area contributed by atoms with E-state index >= 15 is 0 Å². The summed E-state index contributed by atoms with van der Waals surface area (Å²) in [5.74, 6) is -0.315. The number of amides is 1. The van der Waals surface area contributed by atoms with Gasteiger partial charge in [-0.15, -0.1) is 4.83 Å². The van der Waals surface area contributed by atoms with Gasteiger partial charge in [-0.3, -0.25) is 10.2 Å². The van der Waals surface area contributed by atoms with Gasteiger partial charge in [0.15, 0.2) is 0 Å². The molecule has 0 radical (unpaired) electrons. The Balaban J connectivity index is 2.14. The van der Waals surface area contributed by atoms with E-state index in [1.807, 2.05) is 5.43 Å². The van der Waals surface area contributed by atoms with Crippen molar-refractivity contribution in [2.24, 2.45) is 0 Å². The van der Waals surface area contributed by atoms with Crippen molar-refractivity contribution in [3.8, 4) is 5.75 Å². The fourth-order valence-electron chi connectivity index (χ4n) is 2.05. The SMILES string of the molecule is CCOc1ccc(C(=O)NNS(=O)(=O)c2ccccc2C(F)(F)F)cc1. The molecule has 0 fully saturated rings. The quantitative estimate of drug-likeness (QED) is 0.746. The van der Waals surface area contributed by atoms with Crippen LogP contribution in [0.1, 0.15) is 22.8 Å². The minimum atomic E-state index is -4.86. The first-order chi connectivity index (χ1) is 12.1. The number of alkyl halides is 3. The number of hydrazine groups is 1. The van der Waals surface area contributed by atoms with Gasteiger partial charge < -0.3 is 4.74 Å². The van der Waals surface area contributed by atoms with Gasteiger partial charge in [0.25, 0.3) is 15.9 Å². The van der Waals surface area contributed by atoms with Crippen LogP contribution in [0.4, 0.5) is 13.2 Å². The van der Waals surface area contributed by atoms with Gasteiger partial charge in [0, 0.05) is 5.56 Å². The summed E-state index contributed by atoms with van der Waals surface area (Å²) in [5, 5.41) is 0. The van der Waals surface area contributed by atoms with Gasteiger partial charge in [0.2, 0.25) is 0 Å². The average Bonchev–Trinajstić information content (AvgIpc) is 2.60. The fourth-order valence-corrected chi connectivity index (χ4v) is 3.11. The van der Waals surface area contributed by atoms with E-state index in [9.17, 15) is 26.4 Å². The number of benzene rings is 2. The maximum atomic E-state index is 13.0. The molecule has 0 aromatic heterocycles. The molecule has 0 spiro atoms. The molecule has 0 aliphatic heterocycles. The Morgan fingerprint density at radius 3 is 2.27 bits per heavy atom. The third-order valence-corrected chi connectivity index (χ3v) is 4.51. The van der Waals surface area contributed by atoms with E-state index in [2.05, 4.69) is 0 Å². The van der Waals surface area contributed by atoms with Crippen molar-refractivity contribution in [2.75, 3.05) is 6.61 Å². The van der Waals surface area contributed by atoms with Crippen molar-refractivity contribution >= 4 is 15.9 Å². The van der Waals surface area contributed by atoms with Crippen LogP contribution in [0.25, 0.3) is 0 Å². The van der Waals surface area contributed by atoms with Crippen molar-refractivity contribution in [3.05, 3.63) is 59.7 Å². The molecule has 2 aromatic rings. The standard InChI is InChI=1S/C16H15F3N2O4S/c1-2-25-12-9-7-11(8-10-12)15(22)20-21-26(23,24)14-6-4-3-5-13(14)16(17,18)19/h3-10,21H,2H2,1H3,(H,20,22). The Labute approximate surface area is 148 Å². The minimum absolute atomic E-state index is 0.0975. The number of nitrogens with one attached hydrogen (secondary N) is 2. The number of ether oxygens (including phenoxy) is 1. The van der Waals surface area contributed by atoms with Crippen LogP contribution in [0.2, 0.25) is 0 Å². The van der Waals surface area contributed by atoms with Crippen LogP contribution in [0.5, 0.6) is 5.75 Å². The third kappa shape index (κ3) is 4.73. The highest BCUT2D eigenvalue weighted by molar-refractivity contribution is 7.89. The van der Waals surface area contributed by atoms with Crippen LogP contribution >= 0.6 is 0 Å². The fraction of sp³-hybridized carbons (Fsp3) is 0.188. The number of hydrogen-bond acceptors (Lipinski definition) is 4. The molecular weight excluding hydrogens is 373 g/mol. The predicted octanol–water partition coefficient (Wildman–Crippen LogP) is 2.73. The second kappa shape index (κ2) is 7.75. The Morgan fingerprint density at radius 1 is 1.08 bits per heavy atom. The zero-order chi connectivity index (χ0) is 19.4. The molecule has 6 nitrogen and oxygen atoms in total. The zero-order valence-corrected chi connectivity index (χ0v) is 14.3. The molecule has 2 rings (SSSR count). The van der Waals surface area contributed by atoms with Gasteiger partial charge in [0.05, 0.1) is 17.1 Å². The Kier molecular flexibility index (Phi) is 5.88. The molecule has 1 amide bonds. The Hall–Kier alpha value is -2.59. The lowest BCUT2D eigenvalue weighted by atomic mass is 10.2. The van der Waals surface area contributed by atoms with Crippen LogP contribution < -0.4 is 15.0 Å². The highest BCUT2D eigenvalue weighted by atomic mass is 32.2. The molecule has 2 aromatic carbocycles. The van der Waals surface area contributed by atoms with Crippen LogP contribution in [0.3, 0.4) is 0 Å². The van der Waals surface area contributed by atoms with E-state index in [1.165, 1.54) is 24.3 Å². The molecule has 26 heavy (non-hydrogen) atoms. The first-order valence-electron chi connectivity index (χ1n) is 7.36. The van der Waals surface area contributed by atoms with E-state index in [1.54, 1.807) is 11.8 Å². The summed E-state index contributed by atoms with van der Waals surface area (Å²) < 4.78 is 68.3. The normalized spacial score (nSPS) is 11.8. The molecule has 0 aliphatic rings. The molecule has 0 atom stereocenters.